The van der Waals surface area contributed by atoms with E-state index in [-0.39, 0.29) is 36.7 Å². The predicted octanol–water partition coefficient (Wildman–Crippen LogP) is 3.55. The number of anilines is 1. The number of ether oxygens (including phenoxy) is 3. The van der Waals surface area contributed by atoms with Gasteiger partial charge in [-0.1, -0.05) is 13.0 Å². The van der Waals surface area contributed by atoms with E-state index in [0.717, 1.165) is 40.8 Å². The van der Waals surface area contributed by atoms with Gasteiger partial charge in [0.1, 0.15) is 6.61 Å². The Morgan fingerprint density at radius 3 is 2.77 bits per heavy atom. The molecule has 1 aromatic carbocycles. The predicted molar refractivity (Wildman–Crippen MR) is 165 cm³/mol. The fourth-order valence-corrected chi connectivity index (χ4v) is 5.25. The number of nitrogens with zero attached hydrogens (tertiary/aromatic N) is 6. The van der Waals surface area contributed by atoms with E-state index in [1.165, 1.54) is 19.4 Å². The number of aryl methyl sites for hydroxylation is 2. The molecule has 0 radical (unpaired) electrons. The molecule has 1 saturated heterocycles. The standard InChI is InChI=1S/C31H40N8O5/c1-20(6-5-13-43-28-24(17-34-37(28)3)26-16-23(29(40)42-4)14-21(2)35-26)18-39-27-15-22(7-8-25(27)36-30(39)32)19-44-31(41)38-11-9-33-10-12-38/h7-8,14-17,20,33H,5-6,9-13,18-19H2,1-4H3,(H2,32,36)/i3D3. The van der Waals surface area contributed by atoms with E-state index in [1.54, 1.807) is 17.9 Å². The highest BCUT2D eigenvalue weighted by molar-refractivity contribution is 5.91. The van der Waals surface area contributed by atoms with E-state index >= 15 is 0 Å². The Hall–Kier alpha value is -4.65. The lowest BCUT2D eigenvalue weighted by Crippen LogP contribution is -2.46. The first-order valence-electron chi connectivity index (χ1n) is 16.1. The van der Waals surface area contributed by atoms with Gasteiger partial charge in [-0.15, -0.1) is 0 Å². The summed E-state index contributed by atoms with van der Waals surface area (Å²) in [6, 6.07) is 8.81. The molecule has 0 saturated carbocycles. The summed E-state index contributed by atoms with van der Waals surface area (Å²) in [7, 11) is 1.29. The van der Waals surface area contributed by atoms with Gasteiger partial charge in [0.05, 0.1) is 47.8 Å². The van der Waals surface area contributed by atoms with Crippen molar-refractivity contribution in [3.05, 3.63) is 53.3 Å². The number of nitrogens with two attached hydrogens (primary N) is 1. The molecule has 1 aliphatic heterocycles. The molecule has 1 unspecified atom stereocenters. The minimum Gasteiger partial charge on any atom is -0.477 e. The highest BCUT2D eigenvalue weighted by Gasteiger charge is 2.19. The molecule has 44 heavy (non-hydrogen) atoms. The summed E-state index contributed by atoms with van der Waals surface area (Å²) >= 11 is 0. The van der Waals surface area contributed by atoms with Gasteiger partial charge in [0.15, 0.2) is 0 Å². The van der Waals surface area contributed by atoms with Crippen LogP contribution in [0.2, 0.25) is 0 Å². The Morgan fingerprint density at radius 2 is 2.00 bits per heavy atom. The van der Waals surface area contributed by atoms with E-state index in [2.05, 4.69) is 27.3 Å². The van der Waals surface area contributed by atoms with Crippen molar-refractivity contribution in [2.45, 2.75) is 39.8 Å². The number of benzene rings is 1. The van der Waals surface area contributed by atoms with Crippen molar-refractivity contribution in [2.75, 3.05) is 45.6 Å². The Balaban J connectivity index is 1.22. The van der Waals surface area contributed by atoms with Crippen molar-refractivity contribution in [3.63, 3.8) is 0 Å². The summed E-state index contributed by atoms with van der Waals surface area (Å²) in [5.41, 5.74) is 10.3. The lowest BCUT2D eigenvalue weighted by atomic mass is 10.1. The molecule has 1 atom stereocenters. The third kappa shape index (κ3) is 7.10. The van der Waals surface area contributed by atoms with Crippen LogP contribution in [0.25, 0.3) is 22.3 Å². The first-order chi connectivity index (χ1) is 22.4. The van der Waals surface area contributed by atoms with E-state index in [9.17, 15) is 9.59 Å². The number of hydrogen-bond acceptors (Lipinski definition) is 10. The van der Waals surface area contributed by atoms with E-state index in [1.807, 2.05) is 22.8 Å². The van der Waals surface area contributed by atoms with Crippen LogP contribution in [0.5, 0.6) is 5.88 Å². The van der Waals surface area contributed by atoms with Gasteiger partial charge >= 0.3 is 12.1 Å². The van der Waals surface area contributed by atoms with Crippen LogP contribution >= 0.6 is 0 Å². The second kappa shape index (κ2) is 13.8. The number of rotatable bonds is 11. The number of carbonyl (C=O) groups is 2. The molecular formula is C31H40N8O5. The van der Waals surface area contributed by atoms with Crippen LogP contribution in [0.15, 0.2) is 36.5 Å². The molecule has 1 aliphatic rings. The number of amides is 1. The van der Waals surface area contributed by atoms with E-state index < -0.39 is 12.9 Å². The first-order valence-corrected chi connectivity index (χ1v) is 14.6. The van der Waals surface area contributed by atoms with Crippen LogP contribution in [0, 0.1) is 12.8 Å². The summed E-state index contributed by atoms with van der Waals surface area (Å²) in [5, 5.41) is 7.28. The second-order valence-electron chi connectivity index (χ2n) is 10.9. The number of nitrogens with one attached hydrogen (secondary N) is 1. The lowest BCUT2D eigenvalue weighted by molar-refractivity contribution is 0.0600. The third-order valence-corrected chi connectivity index (χ3v) is 7.53. The van der Waals surface area contributed by atoms with Crippen molar-refractivity contribution in [1.29, 1.82) is 0 Å². The minimum atomic E-state index is -2.59. The molecule has 0 spiro atoms. The topological polar surface area (TPSA) is 152 Å². The molecule has 1 amide bonds. The molecule has 0 bridgehead atoms. The summed E-state index contributed by atoms with van der Waals surface area (Å²) in [6.45, 7) is 4.94. The van der Waals surface area contributed by atoms with Gasteiger partial charge in [-0.05, 0) is 55.5 Å². The molecule has 3 N–H and O–H groups in total. The molecule has 4 heterocycles. The maximum atomic E-state index is 12.4. The molecular weight excluding hydrogens is 564 g/mol. The van der Waals surface area contributed by atoms with Gasteiger partial charge in [0.25, 0.3) is 0 Å². The van der Waals surface area contributed by atoms with Crippen LogP contribution in [0.1, 0.15) is 45.5 Å². The van der Waals surface area contributed by atoms with Crippen LogP contribution in [-0.2, 0) is 29.6 Å². The Labute approximate surface area is 260 Å². The van der Waals surface area contributed by atoms with Gasteiger partial charge in [-0.2, -0.15) is 5.10 Å². The molecule has 4 aromatic rings. The average molecular weight is 608 g/mol. The number of fused-ring (bicyclic) bond motifs is 1. The number of esters is 1. The van der Waals surface area contributed by atoms with Crippen LogP contribution < -0.4 is 15.8 Å². The summed E-state index contributed by atoms with van der Waals surface area (Å²) in [5.74, 6) is 0.0663. The van der Waals surface area contributed by atoms with Crippen molar-refractivity contribution < 1.29 is 27.9 Å². The lowest BCUT2D eigenvalue weighted by Gasteiger charge is -2.26. The fraction of sp³-hybridized carbons (Fsp3) is 0.452. The SMILES string of the molecule is [2H]C([2H])([2H])n1ncc(-c2cc(C(=O)OC)cc(C)n2)c1OCCCC(C)Cn1c(N)nc2ccc(COC(=O)N3CCNCC3)cc21. The van der Waals surface area contributed by atoms with Crippen LogP contribution in [-0.4, -0.2) is 81.2 Å². The van der Waals surface area contributed by atoms with Crippen molar-refractivity contribution in [3.8, 4) is 17.1 Å². The Morgan fingerprint density at radius 1 is 1.18 bits per heavy atom. The molecule has 234 valence electrons. The van der Waals surface area contributed by atoms with Gasteiger partial charge in [-0.3, -0.25) is 4.98 Å². The van der Waals surface area contributed by atoms with Crippen molar-refractivity contribution in [1.82, 2.24) is 34.5 Å². The maximum absolute atomic E-state index is 12.4. The highest BCUT2D eigenvalue weighted by Crippen LogP contribution is 2.30. The summed E-state index contributed by atoms with van der Waals surface area (Å²) in [4.78, 5) is 35.3. The number of carbonyl (C=O) groups excluding carboxylic acids is 2. The molecule has 0 aliphatic carbocycles. The number of hydrogen-bond donors (Lipinski definition) is 2. The zero-order valence-corrected chi connectivity index (χ0v) is 25.2. The van der Waals surface area contributed by atoms with Crippen LogP contribution in [0.3, 0.4) is 0 Å². The molecule has 3 aromatic heterocycles. The molecule has 5 rings (SSSR count). The third-order valence-electron chi connectivity index (χ3n) is 7.53. The number of aromatic nitrogens is 5. The maximum Gasteiger partial charge on any atom is 0.410 e. The highest BCUT2D eigenvalue weighted by atomic mass is 16.6. The van der Waals surface area contributed by atoms with Crippen molar-refractivity contribution >= 4 is 29.0 Å². The number of methoxy groups -OCH3 is 1. The number of imidazole rings is 1. The zero-order valence-electron chi connectivity index (χ0n) is 28.2. The van der Waals surface area contributed by atoms with Gasteiger partial charge in [0.2, 0.25) is 11.8 Å². The van der Waals surface area contributed by atoms with Gasteiger partial charge in [0, 0.05) is 49.5 Å². The van der Waals surface area contributed by atoms with Gasteiger partial charge < -0.3 is 34.7 Å². The summed E-state index contributed by atoms with van der Waals surface area (Å²) < 4.78 is 43.0. The Bertz CT molecular complexity index is 1730. The number of nitrogen functional groups attached to an aromatic ring is 1. The monoisotopic (exact) mass is 607 g/mol. The molecule has 1 fully saturated rings. The molecule has 13 heteroatoms. The van der Waals surface area contributed by atoms with E-state index in [0.29, 0.717) is 49.0 Å². The zero-order chi connectivity index (χ0) is 33.7. The van der Waals surface area contributed by atoms with Crippen molar-refractivity contribution in [2.24, 2.45) is 12.9 Å². The minimum absolute atomic E-state index is 0.0431. The number of pyridine rings is 1. The smallest absolute Gasteiger partial charge is 0.410 e. The second-order valence-corrected chi connectivity index (χ2v) is 10.9. The quantitative estimate of drug-likeness (QED) is 0.191. The average Bonchev–Trinajstić information content (AvgIpc) is 3.62. The largest absolute Gasteiger partial charge is 0.477 e. The van der Waals surface area contributed by atoms with Gasteiger partial charge in [-0.25, -0.2) is 19.3 Å². The first kappa shape index (κ1) is 26.9. The number of piperazine rings is 1. The van der Waals surface area contributed by atoms with Crippen LogP contribution in [0.4, 0.5) is 10.7 Å². The molecule has 13 nitrogen and oxygen atoms in total. The summed E-state index contributed by atoms with van der Waals surface area (Å²) in [6.07, 6.45) is 2.40. The normalized spacial score (nSPS) is 15.3. The fourth-order valence-electron chi connectivity index (χ4n) is 5.25. The Kier molecular flexibility index (Phi) is 8.43. The van der Waals surface area contributed by atoms with E-state index in [4.69, 9.17) is 24.1 Å².